The molecule has 7 heteroatoms. The number of anilines is 1. The Kier molecular flexibility index (Phi) is 6.71. The van der Waals surface area contributed by atoms with E-state index in [1.165, 1.54) is 5.56 Å². The lowest BCUT2D eigenvalue weighted by molar-refractivity contribution is 0.266. The van der Waals surface area contributed by atoms with Crippen LogP contribution in [0, 0.1) is 0 Å². The zero-order chi connectivity index (χ0) is 20.8. The van der Waals surface area contributed by atoms with Crippen LogP contribution in [0.15, 0.2) is 59.1 Å². The standard InChI is InChI=1S/C23H27N5OS/c1-2-18-8-6-11-20(16-18)24-23(30)28-13-7-12-27(14-15-28)17-21-25-22(29-26-21)19-9-4-3-5-10-19/h3-6,8-11,16H,2,7,12-15,17H2,1H3,(H,24,30). The predicted octanol–water partition coefficient (Wildman–Crippen LogP) is 4.20. The molecule has 1 N–H and O–H groups in total. The molecule has 2 aromatic carbocycles. The summed E-state index contributed by atoms with van der Waals surface area (Å²) in [7, 11) is 0. The fourth-order valence-electron chi connectivity index (χ4n) is 3.62. The second kappa shape index (κ2) is 9.82. The summed E-state index contributed by atoms with van der Waals surface area (Å²) in [5.41, 5.74) is 3.31. The third-order valence-corrected chi connectivity index (χ3v) is 5.68. The van der Waals surface area contributed by atoms with Crippen molar-refractivity contribution in [3.05, 3.63) is 66.0 Å². The number of rotatable bonds is 5. The fourth-order valence-corrected chi connectivity index (χ4v) is 3.92. The second-order valence-corrected chi connectivity index (χ2v) is 7.87. The quantitative estimate of drug-likeness (QED) is 0.620. The molecule has 1 aromatic heterocycles. The molecule has 2 heterocycles. The van der Waals surface area contributed by atoms with Crippen molar-refractivity contribution in [1.82, 2.24) is 19.9 Å². The second-order valence-electron chi connectivity index (χ2n) is 7.48. The molecule has 1 aliphatic heterocycles. The lowest BCUT2D eigenvalue weighted by Gasteiger charge is -2.24. The zero-order valence-corrected chi connectivity index (χ0v) is 18.1. The molecule has 30 heavy (non-hydrogen) atoms. The van der Waals surface area contributed by atoms with Gasteiger partial charge in [0.2, 0.25) is 0 Å². The van der Waals surface area contributed by atoms with Gasteiger partial charge in [0.15, 0.2) is 10.9 Å². The van der Waals surface area contributed by atoms with Gasteiger partial charge < -0.3 is 14.7 Å². The lowest BCUT2D eigenvalue weighted by atomic mass is 10.1. The van der Waals surface area contributed by atoms with Gasteiger partial charge in [0.1, 0.15) is 0 Å². The average Bonchev–Trinajstić information content (AvgIpc) is 3.12. The Balaban J connectivity index is 1.32. The summed E-state index contributed by atoms with van der Waals surface area (Å²) in [6.07, 6.45) is 2.06. The highest BCUT2D eigenvalue weighted by Crippen LogP contribution is 2.17. The smallest absolute Gasteiger partial charge is 0.257 e. The zero-order valence-electron chi connectivity index (χ0n) is 17.3. The molecule has 0 radical (unpaired) electrons. The summed E-state index contributed by atoms with van der Waals surface area (Å²) < 4.78 is 5.44. The average molecular weight is 422 g/mol. The van der Waals surface area contributed by atoms with Gasteiger partial charge in [-0.25, -0.2) is 0 Å². The first-order valence-corrected chi connectivity index (χ1v) is 10.9. The molecule has 0 aliphatic carbocycles. The minimum absolute atomic E-state index is 0.571. The van der Waals surface area contributed by atoms with Crippen LogP contribution in [0.5, 0.6) is 0 Å². The molecule has 0 spiro atoms. The molecule has 0 atom stereocenters. The maximum Gasteiger partial charge on any atom is 0.257 e. The third-order valence-electron chi connectivity index (χ3n) is 5.32. The summed E-state index contributed by atoms with van der Waals surface area (Å²) in [6.45, 7) is 6.56. The van der Waals surface area contributed by atoms with Crippen LogP contribution in [0.2, 0.25) is 0 Å². The number of aryl methyl sites for hydroxylation is 1. The molecule has 1 aliphatic rings. The summed E-state index contributed by atoms with van der Waals surface area (Å²) >= 11 is 5.68. The minimum atomic E-state index is 0.571. The van der Waals surface area contributed by atoms with Crippen LogP contribution in [0.1, 0.15) is 24.7 Å². The SMILES string of the molecule is CCc1cccc(NC(=S)N2CCCN(Cc3noc(-c4ccccc4)n3)CC2)c1. The van der Waals surface area contributed by atoms with E-state index in [9.17, 15) is 0 Å². The molecule has 0 saturated carbocycles. The number of benzene rings is 2. The summed E-state index contributed by atoms with van der Waals surface area (Å²) in [6, 6.07) is 18.3. The van der Waals surface area contributed by atoms with Crippen LogP contribution >= 0.6 is 12.2 Å². The van der Waals surface area contributed by atoms with Gasteiger partial charge in [0.25, 0.3) is 5.89 Å². The molecular weight excluding hydrogens is 394 g/mol. The number of aromatic nitrogens is 2. The Morgan fingerprint density at radius 2 is 1.93 bits per heavy atom. The van der Waals surface area contributed by atoms with Crippen LogP contribution in [0.4, 0.5) is 5.69 Å². The molecule has 1 saturated heterocycles. The largest absolute Gasteiger partial charge is 0.348 e. The van der Waals surface area contributed by atoms with E-state index in [1.807, 2.05) is 30.3 Å². The Labute approximate surface area is 182 Å². The summed E-state index contributed by atoms with van der Waals surface area (Å²) in [4.78, 5) is 9.17. The van der Waals surface area contributed by atoms with E-state index in [0.717, 1.165) is 61.2 Å². The van der Waals surface area contributed by atoms with E-state index in [1.54, 1.807) is 0 Å². The van der Waals surface area contributed by atoms with E-state index in [-0.39, 0.29) is 0 Å². The van der Waals surface area contributed by atoms with Crippen molar-refractivity contribution in [2.24, 2.45) is 0 Å². The number of hydrogen-bond acceptors (Lipinski definition) is 5. The number of thiocarbonyl (C=S) groups is 1. The highest BCUT2D eigenvalue weighted by molar-refractivity contribution is 7.80. The van der Waals surface area contributed by atoms with E-state index in [2.05, 4.69) is 56.4 Å². The van der Waals surface area contributed by atoms with Gasteiger partial charge in [-0.3, -0.25) is 4.90 Å². The molecule has 6 nitrogen and oxygen atoms in total. The maximum atomic E-state index is 5.68. The van der Waals surface area contributed by atoms with E-state index < -0.39 is 0 Å². The highest BCUT2D eigenvalue weighted by Gasteiger charge is 2.19. The van der Waals surface area contributed by atoms with Crippen molar-refractivity contribution in [2.45, 2.75) is 26.3 Å². The first kappa shape index (κ1) is 20.5. The van der Waals surface area contributed by atoms with Gasteiger partial charge in [-0.1, -0.05) is 42.4 Å². The predicted molar refractivity (Wildman–Crippen MR) is 123 cm³/mol. The summed E-state index contributed by atoms with van der Waals surface area (Å²) in [5.74, 6) is 1.29. The van der Waals surface area contributed by atoms with Crippen molar-refractivity contribution in [1.29, 1.82) is 0 Å². The van der Waals surface area contributed by atoms with E-state index >= 15 is 0 Å². The van der Waals surface area contributed by atoms with Gasteiger partial charge in [-0.15, -0.1) is 0 Å². The number of nitrogens with one attached hydrogen (secondary N) is 1. The topological polar surface area (TPSA) is 57.4 Å². The van der Waals surface area contributed by atoms with Gasteiger partial charge in [0, 0.05) is 37.4 Å². The maximum absolute atomic E-state index is 5.68. The monoisotopic (exact) mass is 421 g/mol. The van der Waals surface area contributed by atoms with Crippen LogP contribution in [0.3, 0.4) is 0 Å². The van der Waals surface area contributed by atoms with Crippen molar-refractivity contribution in [3.63, 3.8) is 0 Å². The van der Waals surface area contributed by atoms with Crippen LogP contribution < -0.4 is 5.32 Å². The molecule has 0 unspecified atom stereocenters. The Hall–Kier alpha value is -2.77. The van der Waals surface area contributed by atoms with Gasteiger partial charge >= 0.3 is 0 Å². The first-order chi connectivity index (χ1) is 14.7. The molecule has 4 rings (SSSR count). The summed E-state index contributed by atoms with van der Waals surface area (Å²) in [5, 5.41) is 8.35. The molecular formula is C23H27N5OS. The van der Waals surface area contributed by atoms with Crippen LogP contribution in [-0.2, 0) is 13.0 Å². The first-order valence-electron chi connectivity index (χ1n) is 10.5. The van der Waals surface area contributed by atoms with Crippen molar-refractivity contribution < 1.29 is 4.52 Å². The van der Waals surface area contributed by atoms with Crippen molar-refractivity contribution in [3.8, 4) is 11.5 Å². The van der Waals surface area contributed by atoms with Gasteiger partial charge in [-0.05, 0) is 54.9 Å². The number of hydrogen-bond donors (Lipinski definition) is 1. The molecule has 1 fully saturated rings. The number of nitrogens with zero attached hydrogens (tertiary/aromatic N) is 4. The van der Waals surface area contributed by atoms with E-state index in [4.69, 9.17) is 16.7 Å². The van der Waals surface area contributed by atoms with Crippen LogP contribution in [0.25, 0.3) is 11.5 Å². The third kappa shape index (κ3) is 5.23. The molecule has 156 valence electrons. The van der Waals surface area contributed by atoms with Crippen LogP contribution in [-0.4, -0.2) is 51.2 Å². The normalized spacial score (nSPS) is 15.0. The minimum Gasteiger partial charge on any atom is -0.348 e. The Morgan fingerprint density at radius 3 is 2.77 bits per heavy atom. The van der Waals surface area contributed by atoms with Crippen molar-refractivity contribution >= 4 is 23.0 Å². The van der Waals surface area contributed by atoms with E-state index in [0.29, 0.717) is 12.4 Å². The Morgan fingerprint density at radius 1 is 1.07 bits per heavy atom. The van der Waals surface area contributed by atoms with Crippen molar-refractivity contribution in [2.75, 3.05) is 31.5 Å². The lowest BCUT2D eigenvalue weighted by Crippen LogP contribution is -2.37. The molecule has 0 bridgehead atoms. The molecule has 3 aromatic rings. The molecule has 0 amide bonds. The van der Waals surface area contributed by atoms with Gasteiger partial charge in [0.05, 0.1) is 6.54 Å². The van der Waals surface area contributed by atoms with Gasteiger partial charge in [-0.2, -0.15) is 4.98 Å². The Bertz CT molecular complexity index is 974. The highest BCUT2D eigenvalue weighted by atomic mass is 32.1. The fraction of sp³-hybridized carbons (Fsp3) is 0.348.